The number of aromatic nitrogens is 1. The van der Waals surface area contributed by atoms with E-state index in [1.54, 1.807) is 42.5 Å². The van der Waals surface area contributed by atoms with Gasteiger partial charge in [-0.15, -0.1) is 0 Å². The van der Waals surface area contributed by atoms with E-state index in [-0.39, 0.29) is 29.5 Å². The van der Waals surface area contributed by atoms with E-state index in [0.717, 1.165) is 0 Å². The Kier molecular flexibility index (Phi) is 6.34. The fourth-order valence-corrected chi connectivity index (χ4v) is 2.76. The Bertz CT molecular complexity index is 1010. The van der Waals surface area contributed by atoms with E-state index in [2.05, 4.69) is 15.6 Å². The van der Waals surface area contributed by atoms with Crippen molar-refractivity contribution in [2.45, 2.75) is 6.42 Å². The average molecular weight is 398 g/mol. The smallest absolute Gasteiger partial charge is 0.269 e. The van der Waals surface area contributed by atoms with Crippen molar-refractivity contribution in [2.75, 3.05) is 11.9 Å². The highest BCUT2D eigenvalue weighted by Crippen LogP contribution is 2.16. The molecule has 3 aromatic rings. The van der Waals surface area contributed by atoms with Crippen LogP contribution < -0.4 is 10.6 Å². The van der Waals surface area contributed by atoms with Gasteiger partial charge in [-0.25, -0.2) is 4.39 Å². The molecule has 0 atom stereocenters. The van der Waals surface area contributed by atoms with E-state index in [4.69, 9.17) is 11.6 Å². The lowest BCUT2D eigenvalue weighted by Crippen LogP contribution is -2.27. The zero-order valence-electron chi connectivity index (χ0n) is 14.8. The van der Waals surface area contributed by atoms with Crippen molar-refractivity contribution in [2.24, 2.45) is 0 Å². The Morgan fingerprint density at radius 2 is 1.82 bits per heavy atom. The minimum absolute atomic E-state index is 0.104. The Balaban J connectivity index is 1.61. The summed E-state index contributed by atoms with van der Waals surface area (Å²) in [6.45, 7) is 0.250. The molecule has 0 aliphatic carbocycles. The predicted octanol–water partition coefficient (Wildman–Crippen LogP) is 4.10. The fourth-order valence-electron chi connectivity index (χ4n) is 2.57. The molecule has 2 N–H and O–H groups in total. The molecule has 0 unspecified atom stereocenters. The van der Waals surface area contributed by atoms with Gasteiger partial charge in [-0.05, 0) is 48.4 Å². The van der Waals surface area contributed by atoms with Crippen LogP contribution in [0.5, 0.6) is 0 Å². The lowest BCUT2D eigenvalue weighted by Gasteiger charge is -2.08. The van der Waals surface area contributed by atoms with Gasteiger partial charge in [0.1, 0.15) is 11.5 Å². The number of rotatable bonds is 6. The normalized spacial score (nSPS) is 10.4. The van der Waals surface area contributed by atoms with E-state index in [0.29, 0.717) is 22.7 Å². The van der Waals surface area contributed by atoms with Crippen molar-refractivity contribution in [1.29, 1.82) is 0 Å². The predicted molar refractivity (Wildman–Crippen MR) is 106 cm³/mol. The molecule has 0 radical (unpaired) electrons. The summed E-state index contributed by atoms with van der Waals surface area (Å²) in [6.07, 6.45) is 1.74. The number of amides is 2. The topological polar surface area (TPSA) is 71.1 Å². The van der Waals surface area contributed by atoms with Crippen molar-refractivity contribution < 1.29 is 14.0 Å². The van der Waals surface area contributed by atoms with Gasteiger partial charge in [0.15, 0.2) is 0 Å². The monoisotopic (exact) mass is 397 g/mol. The summed E-state index contributed by atoms with van der Waals surface area (Å²) in [4.78, 5) is 28.7. The molecule has 0 saturated carbocycles. The van der Waals surface area contributed by atoms with Crippen LogP contribution in [0.1, 0.15) is 26.4 Å². The molecule has 2 amide bonds. The van der Waals surface area contributed by atoms with Crippen molar-refractivity contribution in [3.05, 3.63) is 94.5 Å². The van der Waals surface area contributed by atoms with E-state index in [1.165, 1.54) is 24.4 Å². The van der Waals surface area contributed by atoms with Gasteiger partial charge >= 0.3 is 0 Å². The third-order valence-corrected chi connectivity index (χ3v) is 4.21. The Morgan fingerprint density at radius 3 is 2.61 bits per heavy atom. The molecule has 1 heterocycles. The SMILES string of the molecule is O=C(Nc1cccc(Cl)c1)c1ccnc(C(=O)NCCc2ccccc2F)c1. The standard InChI is InChI=1S/C21H17ClFN3O2/c22-16-5-3-6-17(13-16)26-20(27)15-9-10-24-19(12-15)21(28)25-11-8-14-4-1-2-7-18(14)23/h1-7,9-10,12-13H,8,11H2,(H,25,28)(H,26,27). The molecule has 0 fully saturated rings. The summed E-state index contributed by atoms with van der Waals surface area (Å²) < 4.78 is 13.6. The quantitative estimate of drug-likeness (QED) is 0.657. The van der Waals surface area contributed by atoms with E-state index in [9.17, 15) is 14.0 Å². The molecule has 142 valence electrons. The number of nitrogens with one attached hydrogen (secondary N) is 2. The second kappa shape index (κ2) is 9.10. The second-order valence-electron chi connectivity index (χ2n) is 5.99. The number of anilines is 1. The third-order valence-electron chi connectivity index (χ3n) is 3.97. The van der Waals surface area contributed by atoms with Crippen LogP contribution in [0.3, 0.4) is 0 Å². The number of halogens is 2. The van der Waals surface area contributed by atoms with Gasteiger partial charge in [-0.3, -0.25) is 14.6 Å². The largest absolute Gasteiger partial charge is 0.350 e. The Morgan fingerprint density at radius 1 is 1.00 bits per heavy atom. The summed E-state index contributed by atoms with van der Waals surface area (Å²) >= 11 is 5.91. The van der Waals surface area contributed by atoms with Crippen LogP contribution in [-0.2, 0) is 6.42 Å². The Hall–Kier alpha value is -3.25. The highest BCUT2D eigenvalue weighted by Gasteiger charge is 2.12. The molecule has 0 bridgehead atoms. The highest BCUT2D eigenvalue weighted by atomic mass is 35.5. The molecular weight excluding hydrogens is 381 g/mol. The zero-order valence-corrected chi connectivity index (χ0v) is 15.5. The summed E-state index contributed by atoms with van der Waals surface area (Å²) in [6, 6.07) is 16.1. The maximum atomic E-state index is 13.6. The van der Waals surface area contributed by atoms with Crippen LogP contribution in [0.4, 0.5) is 10.1 Å². The highest BCUT2D eigenvalue weighted by molar-refractivity contribution is 6.31. The minimum Gasteiger partial charge on any atom is -0.350 e. The van der Waals surface area contributed by atoms with Crippen LogP contribution >= 0.6 is 11.6 Å². The molecule has 2 aromatic carbocycles. The van der Waals surface area contributed by atoms with Gasteiger partial charge in [0.25, 0.3) is 11.8 Å². The number of hydrogen-bond donors (Lipinski definition) is 2. The van der Waals surface area contributed by atoms with Crippen molar-refractivity contribution in [3.63, 3.8) is 0 Å². The first kappa shape index (κ1) is 19.5. The van der Waals surface area contributed by atoms with Crippen LogP contribution in [-0.4, -0.2) is 23.3 Å². The van der Waals surface area contributed by atoms with Crippen LogP contribution in [0, 0.1) is 5.82 Å². The number of pyridine rings is 1. The van der Waals surface area contributed by atoms with E-state index < -0.39 is 5.91 Å². The van der Waals surface area contributed by atoms with Crippen LogP contribution in [0.15, 0.2) is 66.9 Å². The first-order chi connectivity index (χ1) is 13.5. The lowest BCUT2D eigenvalue weighted by molar-refractivity contribution is 0.0949. The summed E-state index contributed by atoms with van der Waals surface area (Å²) in [7, 11) is 0. The number of hydrogen-bond acceptors (Lipinski definition) is 3. The zero-order chi connectivity index (χ0) is 19.9. The van der Waals surface area contributed by atoms with E-state index in [1.807, 2.05) is 0 Å². The third kappa shape index (κ3) is 5.14. The molecule has 1 aromatic heterocycles. The summed E-state index contributed by atoms with van der Waals surface area (Å²) in [5, 5.41) is 5.89. The van der Waals surface area contributed by atoms with Gasteiger partial charge in [0.05, 0.1) is 0 Å². The number of carbonyl (C=O) groups is 2. The summed E-state index contributed by atoms with van der Waals surface area (Å²) in [5.74, 6) is -1.13. The van der Waals surface area contributed by atoms with Crippen molar-refractivity contribution in [1.82, 2.24) is 10.3 Å². The van der Waals surface area contributed by atoms with Crippen LogP contribution in [0.25, 0.3) is 0 Å². The fraction of sp³-hybridized carbons (Fsp3) is 0.0952. The average Bonchev–Trinajstić information content (AvgIpc) is 2.69. The first-order valence-corrected chi connectivity index (χ1v) is 8.95. The molecule has 0 aliphatic heterocycles. The van der Waals surface area contributed by atoms with Gasteiger partial charge < -0.3 is 10.6 Å². The molecule has 7 heteroatoms. The minimum atomic E-state index is -0.436. The lowest BCUT2D eigenvalue weighted by atomic mass is 10.1. The number of nitrogens with zero attached hydrogens (tertiary/aromatic N) is 1. The van der Waals surface area contributed by atoms with Gasteiger partial charge in [-0.2, -0.15) is 0 Å². The number of benzene rings is 2. The first-order valence-electron chi connectivity index (χ1n) is 8.57. The Labute approximate surface area is 166 Å². The van der Waals surface area contributed by atoms with Gasteiger partial charge in [-0.1, -0.05) is 35.9 Å². The molecule has 28 heavy (non-hydrogen) atoms. The number of carbonyl (C=O) groups excluding carboxylic acids is 2. The molecule has 3 rings (SSSR count). The second-order valence-corrected chi connectivity index (χ2v) is 6.43. The molecule has 0 aliphatic rings. The van der Waals surface area contributed by atoms with Gasteiger partial charge in [0.2, 0.25) is 0 Å². The van der Waals surface area contributed by atoms with Crippen molar-refractivity contribution >= 4 is 29.1 Å². The van der Waals surface area contributed by atoms with E-state index >= 15 is 0 Å². The molecule has 5 nitrogen and oxygen atoms in total. The molecule has 0 saturated heterocycles. The van der Waals surface area contributed by atoms with Crippen LogP contribution in [0.2, 0.25) is 5.02 Å². The summed E-state index contributed by atoms with van der Waals surface area (Å²) in [5.41, 5.74) is 1.46. The van der Waals surface area contributed by atoms with Gasteiger partial charge in [0, 0.05) is 29.0 Å². The molecule has 0 spiro atoms. The molecular formula is C21H17ClFN3O2. The maximum absolute atomic E-state index is 13.6. The van der Waals surface area contributed by atoms with Crippen molar-refractivity contribution in [3.8, 4) is 0 Å². The maximum Gasteiger partial charge on any atom is 0.269 e.